The van der Waals surface area contributed by atoms with Crippen LogP contribution in [0.2, 0.25) is 5.02 Å². The number of tetrazole rings is 1. The molecule has 2 N–H and O–H groups in total. The number of hydrogen-bond acceptors (Lipinski definition) is 4. The van der Waals surface area contributed by atoms with Gasteiger partial charge in [-0.3, -0.25) is 0 Å². The fourth-order valence-electron chi connectivity index (χ4n) is 1.46. The van der Waals surface area contributed by atoms with Gasteiger partial charge < -0.3 is 5.73 Å². The summed E-state index contributed by atoms with van der Waals surface area (Å²) in [6, 6.07) is 5.45. The van der Waals surface area contributed by atoms with Gasteiger partial charge in [-0.1, -0.05) is 17.7 Å². The third-order valence-corrected chi connectivity index (χ3v) is 3.56. The zero-order valence-electron chi connectivity index (χ0n) is 9.14. The average molecular weight is 317 g/mol. The molecule has 1 unspecified atom stereocenters. The lowest BCUT2D eigenvalue weighted by Gasteiger charge is -2.10. The predicted octanol–water partition coefficient (Wildman–Crippen LogP) is 1.87. The van der Waals surface area contributed by atoms with Gasteiger partial charge in [-0.15, -0.1) is 10.2 Å². The van der Waals surface area contributed by atoms with Gasteiger partial charge in [-0.05, 0) is 38.8 Å². The standard InChI is InChI=1S/C10H11BrClN5/c1-17-15-10(14-16-17)5-9(13)6-2-3-7(11)8(12)4-6/h2-4,9H,5,13H2,1H3. The van der Waals surface area contributed by atoms with Crippen molar-refractivity contribution < 1.29 is 0 Å². The lowest BCUT2D eigenvalue weighted by atomic mass is 10.0. The van der Waals surface area contributed by atoms with Crippen LogP contribution in [0.25, 0.3) is 0 Å². The normalized spacial score (nSPS) is 12.7. The maximum Gasteiger partial charge on any atom is 0.176 e. The number of rotatable bonds is 3. The van der Waals surface area contributed by atoms with E-state index in [1.54, 1.807) is 7.05 Å². The molecule has 90 valence electrons. The van der Waals surface area contributed by atoms with Gasteiger partial charge in [0.1, 0.15) is 0 Å². The number of nitrogens with two attached hydrogens (primary N) is 1. The molecule has 0 radical (unpaired) electrons. The maximum atomic E-state index is 6.06. The molecule has 1 heterocycles. The maximum absolute atomic E-state index is 6.06. The van der Waals surface area contributed by atoms with E-state index >= 15 is 0 Å². The molecular formula is C10H11BrClN5. The minimum Gasteiger partial charge on any atom is -0.324 e. The largest absolute Gasteiger partial charge is 0.324 e. The Morgan fingerprint density at radius 1 is 1.53 bits per heavy atom. The lowest BCUT2D eigenvalue weighted by molar-refractivity contribution is 0.622. The first-order valence-corrected chi connectivity index (χ1v) is 6.17. The molecule has 1 aromatic heterocycles. The Hall–Kier alpha value is -0.980. The van der Waals surface area contributed by atoms with E-state index < -0.39 is 0 Å². The summed E-state index contributed by atoms with van der Waals surface area (Å²) in [4.78, 5) is 1.41. The average Bonchev–Trinajstić information content (AvgIpc) is 2.68. The predicted molar refractivity (Wildman–Crippen MR) is 68.6 cm³/mol. The summed E-state index contributed by atoms with van der Waals surface area (Å²) < 4.78 is 0.854. The van der Waals surface area contributed by atoms with E-state index in [1.807, 2.05) is 18.2 Å². The monoisotopic (exact) mass is 315 g/mol. The smallest absolute Gasteiger partial charge is 0.176 e. The Kier molecular flexibility index (Phi) is 3.76. The number of nitrogens with zero attached hydrogens (tertiary/aromatic N) is 4. The molecule has 0 aliphatic rings. The molecule has 1 atom stereocenters. The van der Waals surface area contributed by atoms with Crippen molar-refractivity contribution in [1.82, 2.24) is 20.2 Å². The topological polar surface area (TPSA) is 69.6 Å². The third-order valence-electron chi connectivity index (χ3n) is 2.32. The second-order valence-corrected chi connectivity index (χ2v) is 4.94. The molecule has 2 aromatic rings. The van der Waals surface area contributed by atoms with Crippen LogP contribution in [-0.2, 0) is 13.5 Å². The first-order chi connectivity index (χ1) is 8.06. The highest BCUT2D eigenvalue weighted by atomic mass is 79.9. The van der Waals surface area contributed by atoms with Crippen LogP contribution in [-0.4, -0.2) is 20.2 Å². The van der Waals surface area contributed by atoms with Crippen LogP contribution >= 0.6 is 27.5 Å². The van der Waals surface area contributed by atoms with Crippen molar-refractivity contribution in [2.24, 2.45) is 12.8 Å². The molecule has 5 nitrogen and oxygen atoms in total. The molecular weight excluding hydrogens is 306 g/mol. The molecule has 0 fully saturated rings. The fourth-order valence-corrected chi connectivity index (χ4v) is 1.90. The van der Waals surface area contributed by atoms with Gasteiger partial charge in [-0.2, -0.15) is 4.80 Å². The highest BCUT2D eigenvalue weighted by Gasteiger charge is 2.12. The highest BCUT2D eigenvalue weighted by Crippen LogP contribution is 2.26. The second kappa shape index (κ2) is 5.12. The van der Waals surface area contributed by atoms with Gasteiger partial charge in [0, 0.05) is 16.9 Å². The van der Waals surface area contributed by atoms with E-state index in [4.69, 9.17) is 17.3 Å². The Morgan fingerprint density at radius 3 is 2.88 bits per heavy atom. The lowest BCUT2D eigenvalue weighted by Crippen LogP contribution is -2.14. The zero-order chi connectivity index (χ0) is 12.4. The molecule has 0 aliphatic carbocycles. The molecule has 7 heteroatoms. The SMILES string of the molecule is Cn1nnc(CC(N)c2ccc(Br)c(Cl)c2)n1. The van der Waals surface area contributed by atoms with Gasteiger partial charge >= 0.3 is 0 Å². The van der Waals surface area contributed by atoms with Crippen LogP contribution in [0.1, 0.15) is 17.4 Å². The van der Waals surface area contributed by atoms with Gasteiger partial charge in [0.25, 0.3) is 0 Å². The summed E-state index contributed by atoms with van der Waals surface area (Å²) in [7, 11) is 1.72. The van der Waals surface area contributed by atoms with Crippen molar-refractivity contribution in [3.8, 4) is 0 Å². The Bertz CT molecular complexity index is 527. The van der Waals surface area contributed by atoms with Crippen LogP contribution in [0.3, 0.4) is 0 Å². The van der Waals surface area contributed by atoms with Crippen molar-refractivity contribution in [3.63, 3.8) is 0 Å². The third kappa shape index (κ3) is 3.02. The molecule has 17 heavy (non-hydrogen) atoms. The summed E-state index contributed by atoms with van der Waals surface area (Å²) in [6.07, 6.45) is 0.534. The van der Waals surface area contributed by atoms with E-state index in [1.165, 1.54) is 4.80 Å². The molecule has 0 amide bonds. The Morgan fingerprint density at radius 2 is 2.29 bits per heavy atom. The number of halogens is 2. The minimum absolute atomic E-state index is 0.190. The van der Waals surface area contributed by atoms with Gasteiger partial charge in [0.15, 0.2) is 5.82 Å². The summed E-state index contributed by atoms with van der Waals surface area (Å²) in [6.45, 7) is 0. The zero-order valence-corrected chi connectivity index (χ0v) is 11.5. The Balaban J connectivity index is 2.14. The summed E-state index contributed by atoms with van der Waals surface area (Å²) in [5, 5.41) is 12.4. The molecule has 1 aromatic carbocycles. The first kappa shape index (κ1) is 12.5. The second-order valence-electron chi connectivity index (χ2n) is 3.68. The summed E-state index contributed by atoms with van der Waals surface area (Å²) in [5.41, 5.74) is 7.01. The van der Waals surface area contributed by atoms with E-state index in [0.29, 0.717) is 17.3 Å². The molecule has 0 spiro atoms. The molecule has 0 saturated heterocycles. The minimum atomic E-state index is -0.190. The molecule has 0 bridgehead atoms. The molecule has 2 rings (SSSR count). The van der Waals surface area contributed by atoms with Crippen molar-refractivity contribution in [1.29, 1.82) is 0 Å². The van der Waals surface area contributed by atoms with Gasteiger partial charge in [-0.25, -0.2) is 0 Å². The van der Waals surface area contributed by atoms with Crippen molar-refractivity contribution in [2.45, 2.75) is 12.5 Å². The number of hydrogen-bond donors (Lipinski definition) is 1. The Labute approximate surface area is 112 Å². The first-order valence-electron chi connectivity index (χ1n) is 4.99. The van der Waals surface area contributed by atoms with Crippen molar-refractivity contribution in [2.75, 3.05) is 0 Å². The van der Waals surface area contributed by atoms with Crippen LogP contribution in [0.4, 0.5) is 0 Å². The number of benzene rings is 1. The van der Waals surface area contributed by atoms with E-state index in [0.717, 1.165) is 10.0 Å². The molecule has 0 saturated carbocycles. The summed E-state index contributed by atoms with van der Waals surface area (Å²) in [5.74, 6) is 0.624. The van der Waals surface area contributed by atoms with Crippen LogP contribution in [0.15, 0.2) is 22.7 Å². The van der Waals surface area contributed by atoms with Crippen LogP contribution < -0.4 is 5.73 Å². The molecule has 0 aliphatic heterocycles. The van der Waals surface area contributed by atoms with E-state index in [-0.39, 0.29) is 6.04 Å². The number of aryl methyl sites for hydroxylation is 1. The van der Waals surface area contributed by atoms with Crippen LogP contribution in [0, 0.1) is 0 Å². The number of aromatic nitrogens is 4. The van der Waals surface area contributed by atoms with Crippen molar-refractivity contribution >= 4 is 27.5 Å². The van der Waals surface area contributed by atoms with Gasteiger partial charge in [0.2, 0.25) is 0 Å². The van der Waals surface area contributed by atoms with Gasteiger partial charge in [0.05, 0.1) is 12.1 Å². The quantitative estimate of drug-likeness (QED) is 0.938. The van der Waals surface area contributed by atoms with E-state index in [2.05, 4.69) is 31.3 Å². The van der Waals surface area contributed by atoms with E-state index in [9.17, 15) is 0 Å². The fraction of sp³-hybridized carbons (Fsp3) is 0.300. The van der Waals surface area contributed by atoms with Crippen molar-refractivity contribution in [3.05, 3.63) is 39.1 Å². The highest BCUT2D eigenvalue weighted by molar-refractivity contribution is 9.10. The van der Waals surface area contributed by atoms with Crippen LogP contribution in [0.5, 0.6) is 0 Å². The summed E-state index contributed by atoms with van der Waals surface area (Å²) >= 11 is 9.35.